The van der Waals surface area contributed by atoms with E-state index in [-0.39, 0.29) is 5.91 Å². The van der Waals surface area contributed by atoms with Crippen LogP contribution in [-0.4, -0.2) is 10.9 Å². The van der Waals surface area contributed by atoms with Crippen LogP contribution >= 0.6 is 11.6 Å². The predicted octanol–water partition coefficient (Wildman–Crippen LogP) is 5.25. The standard InChI is InChI=1S/C21H20ClN3O/c1-13(2)20-12-18(23)17-11-16(8-9-19(17)25-20)24-21(26)10-5-14-3-6-15(22)7-4-14/h3-13H,1-2H3,(H2,23,25)(H,24,26). The van der Waals surface area contributed by atoms with E-state index < -0.39 is 0 Å². The second-order valence-corrected chi connectivity index (χ2v) is 6.83. The molecule has 26 heavy (non-hydrogen) atoms. The molecule has 0 aliphatic heterocycles. The van der Waals surface area contributed by atoms with Gasteiger partial charge in [0.1, 0.15) is 0 Å². The van der Waals surface area contributed by atoms with Gasteiger partial charge in [0.25, 0.3) is 0 Å². The van der Waals surface area contributed by atoms with Crippen molar-refractivity contribution in [2.45, 2.75) is 19.8 Å². The van der Waals surface area contributed by atoms with Gasteiger partial charge in [-0.3, -0.25) is 9.78 Å². The van der Waals surface area contributed by atoms with E-state index in [0.29, 0.717) is 22.3 Å². The van der Waals surface area contributed by atoms with Crippen LogP contribution in [0.4, 0.5) is 11.4 Å². The van der Waals surface area contributed by atoms with E-state index in [9.17, 15) is 4.79 Å². The number of hydrogen-bond donors (Lipinski definition) is 2. The maximum atomic E-state index is 12.1. The summed E-state index contributed by atoms with van der Waals surface area (Å²) in [7, 11) is 0. The SMILES string of the molecule is CC(C)c1cc(N)c2cc(NC(=O)C=Cc3ccc(Cl)cc3)ccc2n1. The van der Waals surface area contributed by atoms with Gasteiger partial charge in [0.15, 0.2) is 0 Å². The lowest BCUT2D eigenvalue weighted by atomic mass is 10.1. The average Bonchev–Trinajstić information content (AvgIpc) is 2.61. The molecule has 4 nitrogen and oxygen atoms in total. The van der Waals surface area contributed by atoms with E-state index in [1.165, 1.54) is 6.08 Å². The molecule has 5 heteroatoms. The molecule has 3 aromatic rings. The maximum absolute atomic E-state index is 12.1. The molecule has 0 saturated heterocycles. The second kappa shape index (κ2) is 7.58. The Balaban J connectivity index is 1.78. The molecule has 132 valence electrons. The predicted molar refractivity (Wildman–Crippen MR) is 109 cm³/mol. The van der Waals surface area contributed by atoms with E-state index >= 15 is 0 Å². The molecule has 0 unspecified atom stereocenters. The first-order valence-corrected chi connectivity index (χ1v) is 8.75. The summed E-state index contributed by atoms with van der Waals surface area (Å²) in [6, 6.07) is 14.7. The highest BCUT2D eigenvalue weighted by Gasteiger charge is 2.08. The van der Waals surface area contributed by atoms with Crippen molar-refractivity contribution in [1.29, 1.82) is 0 Å². The molecule has 0 aliphatic carbocycles. The molecular formula is C21H20ClN3O. The Morgan fingerprint density at radius 3 is 2.58 bits per heavy atom. The topological polar surface area (TPSA) is 68.0 Å². The molecule has 3 rings (SSSR count). The molecule has 0 fully saturated rings. The molecule has 0 aliphatic rings. The van der Waals surface area contributed by atoms with E-state index in [0.717, 1.165) is 22.2 Å². The van der Waals surface area contributed by atoms with E-state index in [1.807, 2.05) is 36.4 Å². The number of pyridine rings is 1. The first-order chi connectivity index (χ1) is 12.4. The third-order valence-corrected chi connectivity index (χ3v) is 4.27. The van der Waals surface area contributed by atoms with Gasteiger partial charge in [-0.1, -0.05) is 37.6 Å². The van der Waals surface area contributed by atoms with Crippen LogP contribution in [0.25, 0.3) is 17.0 Å². The molecule has 1 aromatic heterocycles. The van der Waals surface area contributed by atoms with Crippen molar-refractivity contribution in [2.75, 3.05) is 11.1 Å². The van der Waals surface area contributed by atoms with Crippen LogP contribution in [0.5, 0.6) is 0 Å². The number of rotatable bonds is 4. The van der Waals surface area contributed by atoms with Crippen molar-refractivity contribution >= 4 is 45.9 Å². The Morgan fingerprint density at radius 2 is 1.88 bits per heavy atom. The second-order valence-electron chi connectivity index (χ2n) is 6.40. The van der Waals surface area contributed by atoms with Crippen LogP contribution in [-0.2, 0) is 4.79 Å². The molecule has 0 spiro atoms. The number of hydrogen-bond acceptors (Lipinski definition) is 3. The number of carbonyl (C=O) groups is 1. The van der Waals surface area contributed by atoms with Gasteiger partial charge in [-0.2, -0.15) is 0 Å². The zero-order valence-electron chi connectivity index (χ0n) is 14.7. The monoisotopic (exact) mass is 365 g/mol. The fourth-order valence-electron chi connectivity index (χ4n) is 2.58. The van der Waals surface area contributed by atoms with Crippen LogP contribution in [0.3, 0.4) is 0 Å². The number of fused-ring (bicyclic) bond motifs is 1. The summed E-state index contributed by atoms with van der Waals surface area (Å²) in [5.41, 5.74) is 10.2. The number of aromatic nitrogens is 1. The summed E-state index contributed by atoms with van der Waals surface area (Å²) < 4.78 is 0. The molecule has 0 bridgehead atoms. The number of benzene rings is 2. The summed E-state index contributed by atoms with van der Waals surface area (Å²) in [6.07, 6.45) is 3.22. The van der Waals surface area contributed by atoms with Gasteiger partial charge in [-0.25, -0.2) is 0 Å². The number of halogens is 1. The smallest absolute Gasteiger partial charge is 0.248 e. The summed E-state index contributed by atoms with van der Waals surface area (Å²) in [6.45, 7) is 4.16. The zero-order valence-corrected chi connectivity index (χ0v) is 15.4. The van der Waals surface area contributed by atoms with Gasteiger partial charge in [0.2, 0.25) is 5.91 Å². The fourth-order valence-corrected chi connectivity index (χ4v) is 2.70. The Bertz CT molecular complexity index is 978. The number of nitrogens with zero attached hydrogens (tertiary/aromatic N) is 1. The first kappa shape index (κ1) is 18.0. The summed E-state index contributed by atoms with van der Waals surface area (Å²) >= 11 is 5.85. The van der Waals surface area contributed by atoms with Crippen molar-refractivity contribution in [1.82, 2.24) is 4.98 Å². The Kier molecular flexibility index (Phi) is 5.24. The van der Waals surface area contributed by atoms with Crippen LogP contribution < -0.4 is 11.1 Å². The molecule has 0 atom stereocenters. The Morgan fingerprint density at radius 1 is 1.15 bits per heavy atom. The summed E-state index contributed by atoms with van der Waals surface area (Å²) in [4.78, 5) is 16.8. The van der Waals surface area contributed by atoms with Gasteiger partial charge in [-0.15, -0.1) is 0 Å². The molecular weight excluding hydrogens is 346 g/mol. The van der Waals surface area contributed by atoms with Gasteiger partial charge < -0.3 is 11.1 Å². The summed E-state index contributed by atoms with van der Waals surface area (Å²) in [5, 5.41) is 4.33. The van der Waals surface area contributed by atoms with Gasteiger partial charge >= 0.3 is 0 Å². The number of anilines is 2. The molecule has 2 aromatic carbocycles. The lowest BCUT2D eigenvalue weighted by Gasteiger charge is -2.10. The van der Waals surface area contributed by atoms with Crippen molar-refractivity contribution in [3.05, 3.63) is 70.9 Å². The maximum Gasteiger partial charge on any atom is 0.248 e. The molecule has 1 heterocycles. The minimum atomic E-state index is -0.218. The van der Waals surface area contributed by atoms with E-state index in [2.05, 4.69) is 24.1 Å². The molecule has 1 amide bonds. The number of amides is 1. The highest BCUT2D eigenvalue weighted by molar-refractivity contribution is 6.30. The number of nitrogen functional groups attached to an aromatic ring is 1. The van der Waals surface area contributed by atoms with Crippen molar-refractivity contribution in [3.8, 4) is 0 Å². The third kappa shape index (κ3) is 4.21. The fraction of sp³-hybridized carbons (Fsp3) is 0.143. The lowest BCUT2D eigenvalue weighted by molar-refractivity contribution is -0.111. The van der Waals surface area contributed by atoms with Crippen LogP contribution in [0, 0.1) is 0 Å². The van der Waals surface area contributed by atoms with Crippen LogP contribution in [0.15, 0.2) is 54.6 Å². The molecule has 0 radical (unpaired) electrons. The Hall–Kier alpha value is -2.85. The van der Waals surface area contributed by atoms with Gasteiger partial charge in [-0.05, 0) is 54.0 Å². The molecule has 0 saturated carbocycles. The Labute approximate surface area is 157 Å². The van der Waals surface area contributed by atoms with Gasteiger partial charge in [0, 0.05) is 33.6 Å². The van der Waals surface area contributed by atoms with E-state index in [4.69, 9.17) is 17.3 Å². The van der Waals surface area contributed by atoms with Crippen molar-refractivity contribution < 1.29 is 4.79 Å². The molecule has 3 N–H and O–H groups in total. The third-order valence-electron chi connectivity index (χ3n) is 4.02. The normalized spacial score (nSPS) is 11.4. The zero-order chi connectivity index (χ0) is 18.7. The van der Waals surface area contributed by atoms with Crippen LogP contribution in [0.1, 0.15) is 31.0 Å². The van der Waals surface area contributed by atoms with E-state index in [1.54, 1.807) is 18.2 Å². The quantitative estimate of drug-likeness (QED) is 0.621. The minimum Gasteiger partial charge on any atom is -0.398 e. The highest BCUT2D eigenvalue weighted by Crippen LogP contribution is 2.26. The average molecular weight is 366 g/mol. The minimum absolute atomic E-state index is 0.218. The van der Waals surface area contributed by atoms with Crippen molar-refractivity contribution in [2.24, 2.45) is 0 Å². The summed E-state index contributed by atoms with van der Waals surface area (Å²) in [5.74, 6) is 0.0868. The number of carbonyl (C=O) groups excluding carboxylic acids is 1. The lowest BCUT2D eigenvalue weighted by Crippen LogP contribution is -2.08. The first-order valence-electron chi connectivity index (χ1n) is 8.37. The van der Waals surface area contributed by atoms with Crippen LogP contribution in [0.2, 0.25) is 5.02 Å². The largest absolute Gasteiger partial charge is 0.398 e. The number of nitrogens with two attached hydrogens (primary N) is 1. The highest BCUT2D eigenvalue weighted by atomic mass is 35.5. The van der Waals surface area contributed by atoms with Crippen molar-refractivity contribution in [3.63, 3.8) is 0 Å². The number of nitrogens with one attached hydrogen (secondary N) is 1. The van der Waals surface area contributed by atoms with Gasteiger partial charge in [0.05, 0.1) is 5.52 Å².